The number of carbonyl (C=O) groups excluding carboxylic acids is 1. The van der Waals surface area contributed by atoms with Crippen molar-refractivity contribution in [2.24, 2.45) is 5.10 Å². The zero-order valence-corrected chi connectivity index (χ0v) is 15.9. The average Bonchev–Trinajstić information content (AvgIpc) is 3.20. The molecule has 8 heteroatoms. The standard InChI is InChI=1S/C20H19N5O2S/c26-19(16-8-4-5-9-21-16)24-22-14-17-18(15-6-2-1-3-7-15)23-20(28-17)25-10-12-27-13-11-25/h1-9,14H,10-13H2,(H,24,26). The topological polar surface area (TPSA) is 79.7 Å². The van der Waals surface area contributed by atoms with Crippen molar-refractivity contribution in [2.75, 3.05) is 31.2 Å². The van der Waals surface area contributed by atoms with E-state index < -0.39 is 0 Å². The van der Waals surface area contributed by atoms with Crippen LogP contribution in [-0.4, -0.2) is 48.4 Å². The molecule has 3 aromatic rings. The van der Waals surface area contributed by atoms with Crippen molar-refractivity contribution in [1.29, 1.82) is 0 Å². The van der Waals surface area contributed by atoms with E-state index in [4.69, 9.17) is 9.72 Å². The molecule has 0 radical (unpaired) electrons. The number of ether oxygens (including phenoxy) is 1. The van der Waals surface area contributed by atoms with E-state index in [1.54, 1.807) is 41.9 Å². The van der Waals surface area contributed by atoms with Gasteiger partial charge in [-0.3, -0.25) is 9.78 Å². The molecule has 7 nitrogen and oxygen atoms in total. The molecular weight excluding hydrogens is 374 g/mol. The first-order valence-corrected chi connectivity index (χ1v) is 9.76. The number of rotatable bonds is 5. The van der Waals surface area contributed by atoms with Gasteiger partial charge in [-0.25, -0.2) is 10.4 Å². The minimum Gasteiger partial charge on any atom is -0.378 e. The van der Waals surface area contributed by atoms with E-state index in [0.29, 0.717) is 18.9 Å². The molecule has 1 N–H and O–H groups in total. The van der Waals surface area contributed by atoms with Crippen LogP contribution in [0.1, 0.15) is 15.4 Å². The number of nitrogens with zero attached hydrogens (tertiary/aromatic N) is 4. The highest BCUT2D eigenvalue weighted by Crippen LogP contribution is 2.32. The summed E-state index contributed by atoms with van der Waals surface area (Å²) in [5, 5.41) is 5.06. The van der Waals surface area contributed by atoms with Gasteiger partial charge in [-0.2, -0.15) is 5.10 Å². The number of carbonyl (C=O) groups is 1. The molecule has 1 aliphatic rings. The summed E-state index contributed by atoms with van der Waals surface area (Å²) in [6.45, 7) is 3.02. The zero-order valence-electron chi connectivity index (χ0n) is 15.1. The Balaban J connectivity index is 1.57. The minimum atomic E-state index is -0.351. The van der Waals surface area contributed by atoms with Gasteiger partial charge in [0, 0.05) is 24.8 Å². The third-order valence-electron chi connectivity index (χ3n) is 4.22. The van der Waals surface area contributed by atoms with Crippen molar-refractivity contribution in [1.82, 2.24) is 15.4 Å². The molecule has 0 saturated carbocycles. The summed E-state index contributed by atoms with van der Waals surface area (Å²) in [6.07, 6.45) is 3.22. The quantitative estimate of drug-likeness (QED) is 0.533. The van der Waals surface area contributed by atoms with Crippen molar-refractivity contribution < 1.29 is 9.53 Å². The summed E-state index contributed by atoms with van der Waals surface area (Å²) in [4.78, 5) is 24.1. The van der Waals surface area contributed by atoms with Gasteiger partial charge in [-0.1, -0.05) is 47.7 Å². The average molecular weight is 393 g/mol. The molecule has 1 amide bonds. The lowest BCUT2D eigenvalue weighted by Gasteiger charge is -2.26. The monoisotopic (exact) mass is 393 g/mol. The van der Waals surface area contributed by atoms with Gasteiger partial charge in [-0.15, -0.1) is 0 Å². The van der Waals surface area contributed by atoms with E-state index in [2.05, 4.69) is 20.4 Å². The van der Waals surface area contributed by atoms with Gasteiger partial charge in [0.15, 0.2) is 5.13 Å². The third-order valence-corrected chi connectivity index (χ3v) is 5.27. The molecule has 0 atom stereocenters. The number of benzene rings is 1. The Morgan fingerprint density at radius 2 is 1.93 bits per heavy atom. The fourth-order valence-corrected chi connectivity index (χ4v) is 3.82. The maximum Gasteiger partial charge on any atom is 0.289 e. The minimum absolute atomic E-state index is 0.321. The number of aromatic nitrogens is 2. The van der Waals surface area contributed by atoms with E-state index in [1.165, 1.54) is 0 Å². The molecule has 0 aliphatic carbocycles. The molecule has 142 valence electrons. The van der Waals surface area contributed by atoms with E-state index in [1.807, 2.05) is 30.3 Å². The number of anilines is 1. The predicted molar refractivity (Wildman–Crippen MR) is 110 cm³/mol. The Hall–Kier alpha value is -3.10. The van der Waals surface area contributed by atoms with Gasteiger partial charge in [0.25, 0.3) is 5.91 Å². The molecule has 1 aliphatic heterocycles. The van der Waals surface area contributed by atoms with Gasteiger partial charge in [0.05, 0.1) is 30.0 Å². The smallest absolute Gasteiger partial charge is 0.289 e. The molecule has 1 aromatic carbocycles. The van der Waals surface area contributed by atoms with Crippen LogP contribution in [0.15, 0.2) is 59.8 Å². The van der Waals surface area contributed by atoms with Gasteiger partial charge < -0.3 is 9.64 Å². The first-order valence-electron chi connectivity index (χ1n) is 8.94. The Kier molecular flexibility index (Phi) is 5.69. The molecule has 2 aromatic heterocycles. The van der Waals surface area contributed by atoms with Gasteiger partial charge in [0.1, 0.15) is 5.69 Å². The second-order valence-electron chi connectivity index (χ2n) is 6.09. The molecule has 1 fully saturated rings. The van der Waals surface area contributed by atoms with Crippen LogP contribution < -0.4 is 10.3 Å². The maximum absolute atomic E-state index is 12.1. The Labute approximate surface area is 166 Å². The predicted octanol–water partition coefficient (Wildman–Crippen LogP) is 2.81. The SMILES string of the molecule is O=C(NN=Cc1sc(N2CCOCC2)nc1-c1ccccc1)c1ccccn1. The lowest BCUT2D eigenvalue weighted by atomic mass is 10.1. The highest BCUT2D eigenvalue weighted by Gasteiger charge is 2.18. The summed E-state index contributed by atoms with van der Waals surface area (Å²) in [5.41, 5.74) is 4.71. The van der Waals surface area contributed by atoms with E-state index in [9.17, 15) is 4.79 Å². The molecule has 4 rings (SSSR count). The Bertz CT molecular complexity index is 953. The Morgan fingerprint density at radius 1 is 1.14 bits per heavy atom. The zero-order chi connectivity index (χ0) is 19.2. The molecule has 0 bridgehead atoms. The van der Waals surface area contributed by atoms with Crippen molar-refractivity contribution in [3.8, 4) is 11.3 Å². The first kappa shape index (κ1) is 18.3. The highest BCUT2D eigenvalue weighted by molar-refractivity contribution is 7.17. The highest BCUT2D eigenvalue weighted by atomic mass is 32.1. The van der Waals surface area contributed by atoms with Crippen LogP contribution in [0.5, 0.6) is 0 Å². The molecular formula is C20H19N5O2S. The fraction of sp³-hybridized carbons (Fsp3) is 0.200. The fourth-order valence-electron chi connectivity index (χ4n) is 2.80. The normalized spacial score (nSPS) is 14.4. The second kappa shape index (κ2) is 8.73. The van der Waals surface area contributed by atoms with Crippen molar-refractivity contribution in [2.45, 2.75) is 0 Å². The lowest BCUT2D eigenvalue weighted by Crippen LogP contribution is -2.36. The lowest BCUT2D eigenvalue weighted by molar-refractivity contribution is 0.0950. The summed E-state index contributed by atoms with van der Waals surface area (Å²) >= 11 is 1.55. The van der Waals surface area contributed by atoms with E-state index in [-0.39, 0.29) is 5.91 Å². The molecule has 28 heavy (non-hydrogen) atoms. The summed E-state index contributed by atoms with van der Waals surface area (Å²) in [5.74, 6) is -0.351. The van der Waals surface area contributed by atoms with E-state index >= 15 is 0 Å². The van der Waals surface area contributed by atoms with Crippen LogP contribution in [0.2, 0.25) is 0 Å². The number of morpholine rings is 1. The number of nitrogens with one attached hydrogen (secondary N) is 1. The number of hydrogen-bond donors (Lipinski definition) is 1. The largest absolute Gasteiger partial charge is 0.378 e. The van der Waals surface area contributed by atoms with Crippen molar-refractivity contribution in [3.63, 3.8) is 0 Å². The van der Waals surface area contributed by atoms with Gasteiger partial charge >= 0.3 is 0 Å². The van der Waals surface area contributed by atoms with E-state index in [0.717, 1.165) is 34.4 Å². The number of hydrazone groups is 1. The van der Waals surface area contributed by atoms with Gasteiger partial charge in [-0.05, 0) is 12.1 Å². The van der Waals surface area contributed by atoms with Crippen LogP contribution in [0.25, 0.3) is 11.3 Å². The van der Waals surface area contributed by atoms with Crippen LogP contribution in [0.4, 0.5) is 5.13 Å². The molecule has 1 saturated heterocycles. The first-order chi connectivity index (χ1) is 13.8. The van der Waals surface area contributed by atoms with Crippen LogP contribution in [0.3, 0.4) is 0 Å². The number of pyridine rings is 1. The molecule has 3 heterocycles. The number of hydrogen-bond acceptors (Lipinski definition) is 7. The summed E-state index contributed by atoms with van der Waals surface area (Å²) in [6, 6.07) is 15.1. The number of amides is 1. The van der Waals surface area contributed by atoms with Crippen LogP contribution >= 0.6 is 11.3 Å². The summed E-state index contributed by atoms with van der Waals surface area (Å²) in [7, 11) is 0. The maximum atomic E-state index is 12.1. The Morgan fingerprint density at radius 3 is 2.68 bits per heavy atom. The third kappa shape index (κ3) is 4.24. The molecule has 0 spiro atoms. The molecule has 0 unspecified atom stereocenters. The summed E-state index contributed by atoms with van der Waals surface area (Å²) < 4.78 is 5.43. The van der Waals surface area contributed by atoms with Crippen LogP contribution in [-0.2, 0) is 4.74 Å². The van der Waals surface area contributed by atoms with Gasteiger partial charge in [0.2, 0.25) is 0 Å². The second-order valence-corrected chi connectivity index (χ2v) is 7.10. The van der Waals surface area contributed by atoms with Crippen molar-refractivity contribution >= 4 is 28.6 Å². The van der Waals surface area contributed by atoms with Crippen molar-refractivity contribution in [3.05, 3.63) is 65.3 Å². The number of thiazole rings is 1. The van der Waals surface area contributed by atoms with Crippen LogP contribution in [0, 0.1) is 0 Å².